The molecule has 1 amide bonds. The molecule has 3 heterocycles. The molecule has 126 valence electrons. The number of likely N-dealkylation sites (tertiary alicyclic amines) is 2. The molecule has 5 nitrogen and oxygen atoms in total. The first-order valence-corrected chi connectivity index (χ1v) is 9.09. The Bertz CT molecular complexity index is 647. The summed E-state index contributed by atoms with van der Waals surface area (Å²) in [5.41, 5.74) is 0.498. The van der Waals surface area contributed by atoms with Crippen molar-refractivity contribution in [2.24, 2.45) is 5.41 Å². The van der Waals surface area contributed by atoms with Gasteiger partial charge in [-0.05, 0) is 37.3 Å². The van der Waals surface area contributed by atoms with Crippen LogP contribution in [0.25, 0.3) is 0 Å². The Balaban J connectivity index is 1.47. The monoisotopic (exact) mass is 324 g/mol. The fourth-order valence-corrected chi connectivity index (χ4v) is 4.88. The second-order valence-electron chi connectivity index (χ2n) is 7.44. The number of nitrogens with zero attached hydrogens (tertiary/aromatic N) is 4. The van der Waals surface area contributed by atoms with Gasteiger partial charge in [0.1, 0.15) is 5.41 Å². The SMILES string of the molecule is N#CC1(C(=O)N2CC[C@H]3[C@H]2CCN3Cc2cccnc2)CCCC1. The maximum atomic E-state index is 13.1. The molecule has 0 bridgehead atoms. The number of pyridine rings is 1. The number of carbonyl (C=O) groups is 1. The van der Waals surface area contributed by atoms with Crippen molar-refractivity contribution in [2.45, 2.75) is 57.2 Å². The van der Waals surface area contributed by atoms with Crippen molar-refractivity contribution in [1.82, 2.24) is 14.8 Å². The number of carbonyl (C=O) groups excluding carboxylic acids is 1. The van der Waals surface area contributed by atoms with E-state index in [0.717, 1.165) is 58.2 Å². The molecular weight excluding hydrogens is 300 g/mol. The van der Waals surface area contributed by atoms with Gasteiger partial charge in [0.15, 0.2) is 0 Å². The Morgan fingerprint density at radius 2 is 2.08 bits per heavy atom. The molecule has 1 aliphatic carbocycles. The first-order valence-electron chi connectivity index (χ1n) is 9.09. The van der Waals surface area contributed by atoms with Crippen molar-refractivity contribution in [3.63, 3.8) is 0 Å². The van der Waals surface area contributed by atoms with Gasteiger partial charge >= 0.3 is 0 Å². The number of hydrogen-bond donors (Lipinski definition) is 0. The molecule has 4 rings (SSSR count). The summed E-state index contributed by atoms with van der Waals surface area (Å²) < 4.78 is 0. The van der Waals surface area contributed by atoms with Crippen LogP contribution in [0, 0.1) is 16.7 Å². The molecule has 2 saturated heterocycles. The molecular formula is C19H24N4O. The van der Waals surface area contributed by atoms with Gasteiger partial charge in [0, 0.05) is 44.1 Å². The van der Waals surface area contributed by atoms with Gasteiger partial charge in [0.25, 0.3) is 0 Å². The minimum atomic E-state index is -0.730. The molecule has 0 aromatic carbocycles. The lowest BCUT2D eigenvalue weighted by atomic mass is 9.86. The van der Waals surface area contributed by atoms with E-state index in [9.17, 15) is 10.1 Å². The summed E-state index contributed by atoms with van der Waals surface area (Å²) in [6, 6.07) is 7.19. The Hall–Kier alpha value is -1.93. The van der Waals surface area contributed by atoms with Gasteiger partial charge in [-0.15, -0.1) is 0 Å². The Kier molecular flexibility index (Phi) is 4.01. The molecule has 5 heteroatoms. The van der Waals surface area contributed by atoms with Crippen LogP contribution in [-0.2, 0) is 11.3 Å². The number of hydrogen-bond acceptors (Lipinski definition) is 4. The van der Waals surface area contributed by atoms with Crippen LogP contribution in [0.2, 0.25) is 0 Å². The van der Waals surface area contributed by atoms with Gasteiger partial charge in [-0.3, -0.25) is 14.7 Å². The topological polar surface area (TPSA) is 60.2 Å². The van der Waals surface area contributed by atoms with E-state index >= 15 is 0 Å². The summed E-state index contributed by atoms with van der Waals surface area (Å²) in [5.74, 6) is 0.109. The average Bonchev–Trinajstić information content (AvgIpc) is 3.33. The number of fused-ring (bicyclic) bond motifs is 1. The quantitative estimate of drug-likeness (QED) is 0.856. The van der Waals surface area contributed by atoms with Crippen LogP contribution in [0.15, 0.2) is 24.5 Å². The zero-order valence-electron chi connectivity index (χ0n) is 14.0. The number of amides is 1. The van der Waals surface area contributed by atoms with E-state index in [0.29, 0.717) is 12.1 Å². The first kappa shape index (κ1) is 15.6. The fraction of sp³-hybridized carbons (Fsp3) is 0.632. The summed E-state index contributed by atoms with van der Waals surface area (Å²) in [6.07, 6.45) is 9.29. The number of rotatable bonds is 3. The van der Waals surface area contributed by atoms with Gasteiger partial charge in [-0.1, -0.05) is 18.9 Å². The van der Waals surface area contributed by atoms with Crippen molar-refractivity contribution in [2.75, 3.05) is 13.1 Å². The van der Waals surface area contributed by atoms with Crippen LogP contribution in [0.5, 0.6) is 0 Å². The number of aromatic nitrogens is 1. The van der Waals surface area contributed by atoms with Crippen LogP contribution in [0.1, 0.15) is 44.1 Å². The van der Waals surface area contributed by atoms with Crippen LogP contribution < -0.4 is 0 Å². The standard InChI is InChI=1S/C19H24N4O/c20-14-19(7-1-2-8-19)18(24)23-11-6-16-17(23)5-10-22(16)13-15-4-3-9-21-12-15/h3-4,9,12,16-17H,1-2,5-8,10-11,13H2/t16-,17+/m0/s1. The zero-order valence-corrected chi connectivity index (χ0v) is 14.0. The van der Waals surface area contributed by atoms with Crippen LogP contribution >= 0.6 is 0 Å². The van der Waals surface area contributed by atoms with Crippen molar-refractivity contribution in [3.05, 3.63) is 30.1 Å². The second-order valence-corrected chi connectivity index (χ2v) is 7.44. The zero-order chi connectivity index (χ0) is 16.6. The molecule has 2 atom stereocenters. The van der Waals surface area contributed by atoms with E-state index in [2.05, 4.69) is 22.0 Å². The first-order chi connectivity index (χ1) is 11.7. The minimum absolute atomic E-state index is 0.109. The average molecular weight is 324 g/mol. The fourth-order valence-electron chi connectivity index (χ4n) is 4.88. The molecule has 0 unspecified atom stereocenters. The van der Waals surface area contributed by atoms with Crippen LogP contribution in [0.4, 0.5) is 0 Å². The molecule has 3 aliphatic rings. The second kappa shape index (κ2) is 6.18. The molecule has 0 spiro atoms. The lowest BCUT2D eigenvalue weighted by Gasteiger charge is -2.31. The third-order valence-electron chi connectivity index (χ3n) is 6.14. The molecule has 0 N–H and O–H groups in total. The highest BCUT2D eigenvalue weighted by Crippen LogP contribution is 2.42. The van der Waals surface area contributed by atoms with E-state index in [1.807, 2.05) is 17.2 Å². The molecule has 0 radical (unpaired) electrons. The van der Waals surface area contributed by atoms with Gasteiger partial charge in [0.05, 0.1) is 6.07 Å². The normalized spacial score (nSPS) is 28.7. The Morgan fingerprint density at radius 3 is 2.79 bits per heavy atom. The van der Waals surface area contributed by atoms with Crippen molar-refractivity contribution >= 4 is 5.91 Å². The highest BCUT2D eigenvalue weighted by atomic mass is 16.2. The molecule has 3 fully saturated rings. The van der Waals surface area contributed by atoms with Gasteiger partial charge < -0.3 is 4.90 Å². The van der Waals surface area contributed by atoms with E-state index < -0.39 is 5.41 Å². The highest BCUT2D eigenvalue weighted by molar-refractivity contribution is 5.86. The summed E-state index contributed by atoms with van der Waals surface area (Å²) in [7, 11) is 0. The number of nitriles is 1. The van der Waals surface area contributed by atoms with Crippen LogP contribution in [0.3, 0.4) is 0 Å². The van der Waals surface area contributed by atoms with Crippen molar-refractivity contribution < 1.29 is 4.79 Å². The van der Waals surface area contributed by atoms with Crippen molar-refractivity contribution in [3.8, 4) is 6.07 Å². The molecule has 1 aromatic heterocycles. The van der Waals surface area contributed by atoms with Gasteiger partial charge in [0.2, 0.25) is 5.91 Å². The van der Waals surface area contributed by atoms with Crippen LogP contribution in [-0.4, -0.2) is 45.9 Å². The summed E-state index contributed by atoms with van der Waals surface area (Å²) in [4.78, 5) is 21.8. The molecule has 1 saturated carbocycles. The third kappa shape index (κ3) is 2.50. The Morgan fingerprint density at radius 1 is 1.29 bits per heavy atom. The highest BCUT2D eigenvalue weighted by Gasteiger charge is 2.51. The largest absolute Gasteiger partial charge is 0.337 e. The maximum absolute atomic E-state index is 13.1. The third-order valence-corrected chi connectivity index (χ3v) is 6.14. The molecule has 1 aromatic rings. The van der Waals surface area contributed by atoms with E-state index in [4.69, 9.17) is 0 Å². The van der Waals surface area contributed by atoms with Gasteiger partial charge in [-0.2, -0.15) is 5.26 Å². The predicted molar refractivity (Wildman–Crippen MR) is 89.7 cm³/mol. The maximum Gasteiger partial charge on any atom is 0.243 e. The lowest BCUT2D eigenvalue weighted by Crippen LogP contribution is -2.46. The Labute approximate surface area is 143 Å². The molecule has 24 heavy (non-hydrogen) atoms. The van der Waals surface area contributed by atoms with Crippen molar-refractivity contribution in [1.29, 1.82) is 5.26 Å². The van der Waals surface area contributed by atoms with E-state index in [1.165, 1.54) is 5.56 Å². The summed E-state index contributed by atoms with van der Waals surface area (Å²) >= 11 is 0. The van der Waals surface area contributed by atoms with E-state index in [-0.39, 0.29) is 5.91 Å². The molecule has 2 aliphatic heterocycles. The van der Waals surface area contributed by atoms with E-state index in [1.54, 1.807) is 6.20 Å². The smallest absolute Gasteiger partial charge is 0.243 e. The lowest BCUT2D eigenvalue weighted by molar-refractivity contribution is -0.139. The van der Waals surface area contributed by atoms with Gasteiger partial charge in [-0.25, -0.2) is 0 Å². The predicted octanol–water partition coefficient (Wildman–Crippen LogP) is 2.34. The minimum Gasteiger partial charge on any atom is -0.337 e. The summed E-state index contributed by atoms with van der Waals surface area (Å²) in [6.45, 7) is 2.73. The summed E-state index contributed by atoms with van der Waals surface area (Å²) in [5, 5.41) is 9.62.